The van der Waals surface area contributed by atoms with E-state index in [0.29, 0.717) is 5.75 Å². The van der Waals surface area contributed by atoms with Gasteiger partial charge in [0.05, 0.1) is 6.61 Å². The van der Waals surface area contributed by atoms with Crippen LogP contribution in [0.5, 0.6) is 0 Å². The van der Waals surface area contributed by atoms with E-state index in [0.717, 1.165) is 5.75 Å². The monoisotopic (exact) mass is 327 g/mol. The maximum absolute atomic E-state index is 10.5. The lowest BCUT2D eigenvalue weighted by molar-refractivity contribution is 0.190. The highest BCUT2D eigenvalue weighted by Crippen LogP contribution is 2.35. The molecule has 1 atom stereocenters. The molecule has 0 amide bonds. The van der Waals surface area contributed by atoms with Crippen molar-refractivity contribution in [3.8, 4) is 0 Å². The third-order valence-corrected chi connectivity index (χ3v) is 4.66. The van der Waals surface area contributed by atoms with Gasteiger partial charge in [-0.2, -0.15) is 11.8 Å². The van der Waals surface area contributed by atoms with Crippen molar-refractivity contribution in [3.63, 3.8) is 0 Å². The molecule has 0 fully saturated rings. The van der Waals surface area contributed by atoms with Gasteiger partial charge in [-0.1, -0.05) is 51.9 Å². The topological polar surface area (TPSA) is 92.8 Å². The number of nitrogens with two attached hydrogens (primary N) is 1. The van der Waals surface area contributed by atoms with Crippen LogP contribution in [0.2, 0.25) is 0 Å². The predicted octanol–water partition coefficient (Wildman–Crippen LogP) is 3.30. The van der Waals surface area contributed by atoms with Crippen LogP contribution in [-0.4, -0.2) is 33.9 Å². The van der Waals surface area contributed by atoms with Crippen molar-refractivity contribution in [2.24, 2.45) is 5.73 Å². The molecule has 1 unspecified atom stereocenters. The fraction of sp³-hybridized carbons (Fsp3) is 1.00. The quantitative estimate of drug-likeness (QED) is 0.335. The molecule has 0 bridgehead atoms. The SMILES string of the molecule is CCCCCCCCCCSCC(N)COP(=O)(O)O. The van der Waals surface area contributed by atoms with Crippen LogP contribution in [0.25, 0.3) is 0 Å². The number of hydrogen-bond donors (Lipinski definition) is 3. The first-order chi connectivity index (χ1) is 9.45. The second-order valence-corrected chi connectivity index (χ2v) is 7.49. The molecule has 0 heterocycles. The van der Waals surface area contributed by atoms with Crippen LogP contribution in [0.3, 0.4) is 0 Å². The third-order valence-electron chi connectivity index (χ3n) is 2.93. The molecule has 7 heteroatoms. The Labute approximate surface area is 127 Å². The van der Waals surface area contributed by atoms with Crippen molar-refractivity contribution in [1.29, 1.82) is 0 Å². The second-order valence-electron chi connectivity index (χ2n) is 5.10. The summed E-state index contributed by atoms with van der Waals surface area (Å²) in [4.78, 5) is 17.1. The fourth-order valence-corrected chi connectivity index (χ4v) is 3.17. The highest BCUT2D eigenvalue weighted by atomic mass is 32.2. The van der Waals surface area contributed by atoms with Gasteiger partial charge in [0.1, 0.15) is 0 Å². The van der Waals surface area contributed by atoms with Crippen LogP contribution in [0.15, 0.2) is 0 Å². The van der Waals surface area contributed by atoms with Crippen molar-refractivity contribution in [3.05, 3.63) is 0 Å². The molecule has 0 aromatic carbocycles. The molecule has 0 aromatic rings. The van der Waals surface area contributed by atoms with Gasteiger partial charge in [0, 0.05) is 11.8 Å². The molecule has 0 saturated carbocycles. The molecule has 0 radical (unpaired) electrons. The zero-order valence-electron chi connectivity index (χ0n) is 12.5. The molecule has 0 aliphatic carbocycles. The van der Waals surface area contributed by atoms with Crippen LogP contribution >= 0.6 is 19.6 Å². The van der Waals surface area contributed by atoms with Crippen molar-refractivity contribution in [2.45, 2.75) is 64.3 Å². The Hall–Kier alpha value is 0.420. The van der Waals surface area contributed by atoms with E-state index in [1.165, 1.54) is 51.4 Å². The molecule has 20 heavy (non-hydrogen) atoms. The van der Waals surface area contributed by atoms with E-state index in [1.54, 1.807) is 11.8 Å². The summed E-state index contributed by atoms with van der Waals surface area (Å²) < 4.78 is 14.8. The molecule has 0 aliphatic rings. The van der Waals surface area contributed by atoms with Gasteiger partial charge in [0.25, 0.3) is 0 Å². The van der Waals surface area contributed by atoms with E-state index in [-0.39, 0.29) is 12.6 Å². The Morgan fingerprint density at radius 1 is 1.10 bits per heavy atom. The van der Waals surface area contributed by atoms with Gasteiger partial charge < -0.3 is 15.5 Å². The molecule has 4 N–H and O–H groups in total. The lowest BCUT2D eigenvalue weighted by atomic mass is 10.1. The first kappa shape index (κ1) is 20.4. The average Bonchev–Trinajstić information content (AvgIpc) is 2.38. The Balaban J connectivity index is 3.21. The van der Waals surface area contributed by atoms with Gasteiger partial charge in [-0.05, 0) is 12.2 Å². The molecular formula is C13H30NO4PS. The summed E-state index contributed by atoms with van der Waals surface area (Å²) in [7, 11) is -4.37. The number of rotatable bonds is 14. The fourth-order valence-electron chi connectivity index (χ4n) is 1.81. The summed E-state index contributed by atoms with van der Waals surface area (Å²) in [6, 6.07) is -0.318. The summed E-state index contributed by atoms with van der Waals surface area (Å²) >= 11 is 1.73. The molecule has 5 nitrogen and oxygen atoms in total. The first-order valence-electron chi connectivity index (χ1n) is 7.49. The van der Waals surface area contributed by atoms with E-state index in [4.69, 9.17) is 15.5 Å². The van der Waals surface area contributed by atoms with Gasteiger partial charge in [0.15, 0.2) is 0 Å². The van der Waals surface area contributed by atoms with Crippen LogP contribution in [0.1, 0.15) is 58.3 Å². The summed E-state index contributed by atoms with van der Waals surface area (Å²) in [5.41, 5.74) is 5.70. The summed E-state index contributed by atoms with van der Waals surface area (Å²) in [5, 5.41) is 0. The standard InChI is InChI=1S/C13H30NO4PS/c1-2-3-4-5-6-7-8-9-10-20-12-13(14)11-18-19(15,16)17/h13H,2-12,14H2,1H3,(H2,15,16,17). The zero-order valence-corrected chi connectivity index (χ0v) is 14.2. The number of unbranched alkanes of at least 4 members (excludes halogenated alkanes) is 7. The van der Waals surface area contributed by atoms with Gasteiger partial charge in [-0.3, -0.25) is 4.52 Å². The van der Waals surface area contributed by atoms with Crippen molar-refractivity contribution < 1.29 is 18.9 Å². The lowest BCUT2D eigenvalue weighted by Gasteiger charge is -2.12. The molecule has 0 rings (SSSR count). The minimum atomic E-state index is -4.37. The molecule has 0 spiro atoms. The Kier molecular flexibility index (Phi) is 13.4. The number of thioether (sulfide) groups is 1. The number of hydrogen-bond acceptors (Lipinski definition) is 4. The summed E-state index contributed by atoms with van der Waals surface area (Å²) in [6.07, 6.45) is 10.4. The number of phosphoric acid groups is 1. The van der Waals surface area contributed by atoms with E-state index >= 15 is 0 Å². The molecule has 0 saturated heterocycles. The van der Waals surface area contributed by atoms with E-state index in [9.17, 15) is 4.57 Å². The Bertz CT molecular complexity index is 263. The van der Waals surface area contributed by atoms with Gasteiger partial charge in [-0.25, -0.2) is 4.57 Å². The summed E-state index contributed by atoms with van der Waals surface area (Å²) in [5.74, 6) is 1.73. The predicted molar refractivity (Wildman–Crippen MR) is 85.9 cm³/mol. The maximum Gasteiger partial charge on any atom is 0.469 e. The molecule has 0 aromatic heterocycles. The molecule has 0 aliphatic heterocycles. The van der Waals surface area contributed by atoms with E-state index in [2.05, 4.69) is 11.4 Å². The van der Waals surface area contributed by atoms with Crippen molar-refractivity contribution in [1.82, 2.24) is 0 Å². The van der Waals surface area contributed by atoms with Crippen LogP contribution in [0.4, 0.5) is 0 Å². The van der Waals surface area contributed by atoms with Crippen LogP contribution in [0, 0.1) is 0 Å². The highest BCUT2D eigenvalue weighted by Gasteiger charge is 2.15. The normalized spacial score (nSPS) is 13.6. The first-order valence-corrected chi connectivity index (χ1v) is 10.2. The average molecular weight is 327 g/mol. The second kappa shape index (κ2) is 13.1. The zero-order chi connectivity index (χ0) is 15.3. The number of phosphoric ester groups is 1. The lowest BCUT2D eigenvalue weighted by Crippen LogP contribution is -2.28. The van der Waals surface area contributed by atoms with Gasteiger partial charge >= 0.3 is 7.82 Å². The third kappa shape index (κ3) is 16.5. The Morgan fingerprint density at radius 2 is 1.65 bits per heavy atom. The van der Waals surface area contributed by atoms with Crippen molar-refractivity contribution >= 4 is 19.6 Å². The van der Waals surface area contributed by atoms with E-state index in [1.807, 2.05) is 0 Å². The summed E-state index contributed by atoms with van der Waals surface area (Å²) in [6.45, 7) is 2.14. The largest absolute Gasteiger partial charge is 0.469 e. The molecule has 122 valence electrons. The highest BCUT2D eigenvalue weighted by molar-refractivity contribution is 7.99. The van der Waals surface area contributed by atoms with Crippen LogP contribution in [-0.2, 0) is 9.09 Å². The minimum Gasteiger partial charge on any atom is -0.325 e. The Morgan fingerprint density at radius 3 is 2.20 bits per heavy atom. The van der Waals surface area contributed by atoms with Gasteiger partial charge in [0.2, 0.25) is 0 Å². The minimum absolute atomic E-state index is 0.0886. The van der Waals surface area contributed by atoms with Crippen LogP contribution < -0.4 is 5.73 Å². The van der Waals surface area contributed by atoms with E-state index < -0.39 is 7.82 Å². The molecular weight excluding hydrogens is 297 g/mol. The smallest absolute Gasteiger partial charge is 0.325 e. The maximum atomic E-state index is 10.5. The van der Waals surface area contributed by atoms with Gasteiger partial charge in [-0.15, -0.1) is 0 Å². The van der Waals surface area contributed by atoms with Crippen molar-refractivity contribution in [2.75, 3.05) is 18.1 Å².